The lowest BCUT2D eigenvalue weighted by molar-refractivity contribution is -0.140. The Bertz CT molecular complexity index is 1110. The van der Waals surface area contributed by atoms with E-state index in [9.17, 15) is 14.4 Å². The molecule has 178 valence electrons. The number of rotatable bonds is 6. The zero-order chi connectivity index (χ0) is 24.2. The van der Waals surface area contributed by atoms with Crippen LogP contribution in [0.15, 0.2) is 59.8 Å². The van der Waals surface area contributed by atoms with Crippen molar-refractivity contribution in [1.29, 1.82) is 0 Å². The fourth-order valence-corrected chi connectivity index (χ4v) is 4.96. The van der Waals surface area contributed by atoms with E-state index in [1.165, 1.54) is 0 Å². The van der Waals surface area contributed by atoms with Gasteiger partial charge in [-0.1, -0.05) is 36.4 Å². The molecule has 1 atom stereocenters. The average molecular weight is 461 g/mol. The molecule has 1 fully saturated rings. The Morgan fingerprint density at radius 1 is 1.00 bits per heavy atom. The molecule has 34 heavy (non-hydrogen) atoms. The highest BCUT2D eigenvalue weighted by molar-refractivity contribution is 5.96. The quantitative estimate of drug-likeness (QED) is 0.592. The molecule has 2 heterocycles. The number of nitrogens with zero attached hydrogens (tertiary/aromatic N) is 2. The number of hydrogen-bond acceptors (Lipinski definition) is 4. The molecule has 1 unspecified atom stereocenters. The molecule has 0 aliphatic carbocycles. The Balaban J connectivity index is 1.61. The molecule has 2 aromatic rings. The van der Waals surface area contributed by atoms with Gasteiger partial charge in [0.05, 0.1) is 18.7 Å². The van der Waals surface area contributed by atoms with Crippen LogP contribution in [0.2, 0.25) is 0 Å². The first-order chi connectivity index (χ1) is 16.4. The first-order valence-electron chi connectivity index (χ1n) is 12.0. The molecule has 6 heteroatoms. The third-order valence-corrected chi connectivity index (χ3v) is 6.82. The van der Waals surface area contributed by atoms with Crippen molar-refractivity contribution in [2.24, 2.45) is 0 Å². The summed E-state index contributed by atoms with van der Waals surface area (Å²) in [5.74, 6) is -0.683. The maximum absolute atomic E-state index is 13.3. The van der Waals surface area contributed by atoms with E-state index in [2.05, 4.69) is 0 Å². The Kier molecular flexibility index (Phi) is 7.15. The summed E-state index contributed by atoms with van der Waals surface area (Å²) in [6.45, 7) is 7.84. The van der Waals surface area contributed by atoms with Gasteiger partial charge in [-0.3, -0.25) is 9.59 Å². The van der Waals surface area contributed by atoms with Crippen LogP contribution in [0.1, 0.15) is 66.1 Å². The monoisotopic (exact) mass is 460 g/mol. The lowest BCUT2D eigenvalue weighted by Gasteiger charge is -2.35. The second kappa shape index (κ2) is 10.2. The predicted octanol–water partition coefficient (Wildman–Crippen LogP) is 4.58. The Morgan fingerprint density at radius 2 is 1.68 bits per heavy atom. The molecular weight excluding hydrogens is 428 g/mol. The summed E-state index contributed by atoms with van der Waals surface area (Å²) in [7, 11) is 0. The van der Waals surface area contributed by atoms with Gasteiger partial charge in [-0.15, -0.1) is 0 Å². The van der Waals surface area contributed by atoms with Crippen molar-refractivity contribution in [1.82, 2.24) is 9.80 Å². The maximum atomic E-state index is 13.3. The maximum Gasteiger partial charge on any atom is 0.336 e. The van der Waals surface area contributed by atoms with Crippen LogP contribution in [0.25, 0.3) is 0 Å². The van der Waals surface area contributed by atoms with Gasteiger partial charge >= 0.3 is 5.97 Å². The van der Waals surface area contributed by atoms with Crippen molar-refractivity contribution in [3.05, 3.63) is 82.1 Å². The first-order valence-corrected chi connectivity index (χ1v) is 12.0. The zero-order valence-corrected chi connectivity index (χ0v) is 20.2. The fraction of sp³-hybridized carbons (Fsp3) is 0.393. The van der Waals surface area contributed by atoms with Gasteiger partial charge in [0.2, 0.25) is 5.91 Å². The molecule has 0 bridgehead atoms. The number of amides is 2. The van der Waals surface area contributed by atoms with Gasteiger partial charge in [0, 0.05) is 36.7 Å². The number of hydrogen-bond donors (Lipinski definition) is 0. The SMILES string of the molecule is CCOC(=O)C1=C(C)N(Cc2ccc(C(=O)N3CCCC3)cc2)C(=O)CC1c1ccccc1C. The predicted molar refractivity (Wildman–Crippen MR) is 130 cm³/mol. The summed E-state index contributed by atoms with van der Waals surface area (Å²) < 4.78 is 5.39. The molecule has 0 aromatic heterocycles. The van der Waals surface area contributed by atoms with Gasteiger partial charge in [0.25, 0.3) is 5.91 Å². The van der Waals surface area contributed by atoms with Crippen LogP contribution < -0.4 is 0 Å². The van der Waals surface area contributed by atoms with Crippen LogP contribution in [-0.4, -0.2) is 47.3 Å². The summed E-state index contributed by atoms with van der Waals surface area (Å²) in [6.07, 6.45) is 2.32. The molecule has 2 aliphatic heterocycles. The van der Waals surface area contributed by atoms with Crippen molar-refractivity contribution in [3.8, 4) is 0 Å². The van der Waals surface area contributed by atoms with E-state index in [1.807, 2.05) is 67.3 Å². The lowest BCUT2D eigenvalue weighted by Crippen LogP contribution is -2.38. The molecule has 0 spiro atoms. The highest BCUT2D eigenvalue weighted by Crippen LogP contribution is 2.38. The topological polar surface area (TPSA) is 66.9 Å². The van der Waals surface area contributed by atoms with E-state index < -0.39 is 0 Å². The van der Waals surface area contributed by atoms with Crippen LogP contribution in [0, 0.1) is 6.92 Å². The number of allylic oxidation sites excluding steroid dienone is 1. The number of carbonyl (C=O) groups is 3. The van der Waals surface area contributed by atoms with Gasteiger partial charge in [-0.25, -0.2) is 4.79 Å². The molecule has 1 saturated heterocycles. The summed E-state index contributed by atoms with van der Waals surface area (Å²) in [4.78, 5) is 42.4. The van der Waals surface area contributed by atoms with Crippen LogP contribution >= 0.6 is 0 Å². The fourth-order valence-electron chi connectivity index (χ4n) is 4.96. The van der Waals surface area contributed by atoms with Crippen molar-refractivity contribution in [3.63, 3.8) is 0 Å². The molecule has 0 saturated carbocycles. The van der Waals surface area contributed by atoms with Gasteiger partial charge < -0.3 is 14.5 Å². The van der Waals surface area contributed by atoms with Gasteiger partial charge in [0.1, 0.15) is 0 Å². The average Bonchev–Trinajstić information content (AvgIpc) is 3.37. The standard InChI is InChI=1S/C28H32N2O4/c1-4-34-28(33)26-20(3)30(25(31)17-24(26)23-10-6-5-9-19(23)2)18-21-11-13-22(14-12-21)27(32)29-15-7-8-16-29/h5-6,9-14,24H,4,7-8,15-18H2,1-3H3. The Hall–Kier alpha value is -3.41. The second-order valence-corrected chi connectivity index (χ2v) is 9.01. The van der Waals surface area contributed by atoms with Crippen LogP contribution in [0.4, 0.5) is 0 Å². The highest BCUT2D eigenvalue weighted by Gasteiger charge is 2.37. The number of esters is 1. The smallest absolute Gasteiger partial charge is 0.336 e. The largest absolute Gasteiger partial charge is 0.463 e. The Morgan fingerprint density at radius 3 is 2.32 bits per heavy atom. The van der Waals surface area contributed by atoms with Gasteiger partial charge in [0.15, 0.2) is 0 Å². The van der Waals surface area contributed by atoms with E-state index in [1.54, 1.807) is 11.8 Å². The van der Waals surface area contributed by atoms with Crippen LogP contribution in [0.3, 0.4) is 0 Å². The van der Waals surface area contributed by atoms with Crippen molar-refractivity contribution >= 4 is 17.8 Å². The summed E-state index contributed by atoms with van der Waals surface area (Å²) in [6, 6.07) is 15.3. The second-order valence-electron chi connectivity index (χ2n) is 9.01. The minimum atomic E-state index is -0.377. The highest BCUT2D eigenvalue weighted by atomic mass is 16.5. The summed E-state index contributed by atoms with van der Waals surface area (Å²) in [5.41, 5.74) is 4.75. The summed E-state index contributed by atoms with van der Waals surface area (Å²) in [5, 5.41) is 0. The van der Waals surface area contributed by atoms with E-state index in [4.69, 9.17) is 4.74 Å². The van der Waals surface area contributed by atoms with Gasteiger partial charge in [-0.05, 0) is 62.4 Å². The Labute approximate surface area is 201 Å². The van der Waals surface area contributed by atoms with Crippen LogP contribution in [-0.2, 0) is 20.9 Å². The molecule has 2 aliphatic rings. The molecule has 4 rings (SSSR count). The van der Waals surface area contributed by atoms with E-state index in [-0.39, 0.29) is 36.7 Å². The summed E-state index contributed by atoms with van der Waals surface area (Å²) >= 11 is 0. The minimum absolute atomic E-state index is 0.0315. The molecule has 2 aromatic carbocycles. The third-order valence-electron chi connectivity index (χ3n) is 6.82. The normalized spacial score (nSPS) is 18.4. The molecule has 0 N–H and O–H groups in total. The number of likely N-dealkylation sites (tertiary alicyclic amines) is 1. The van der Waals surface area contributed by atoms with Crippen molar-refractivity contribution < 1.29 is 19.1 Å². The lowest BCUT2D eigenvalue weighted by atomic mass is 9.81. The molecule has 2 amide bonds. The van der Waals surface area contributed by atoms with E-state index in [0.717, 1.165) is 42.6 Å². The van der Waals surface area contributed by atoms with Crippen molar-refractivity contribution in [2.45, 2.75) is 52.5 Å². The van der Waals surface area contributed by atoms with E-state index >= 15 is 0 Å². The molecular formula is C28H32N2O4. The molecule has 0 radical (unpaired) electrons. The third kappa shape index (κ3) is 4.76. The minimum Gasteiger partial charge on any atom is -0.463 e. The zero-order valence-electron chi connectivity index (χ0n) is 20.2. The number of benzene rings is 2. The van der Waals surface area contributed by atoms with Crippen molar-refractivity contribution in [2.75, 3.05) is 19.7 Å². The van der Waals surface area contributed by atoms with Crippen LogP contribution in [0.5, 0.6) is 0 Å². The molecule has 6 nitrogen and oxygen atoms in total. The number of aryl methyl sites for hydroxylation is 1. The number of carbonyl (C=O) groups excluding carboxylic acids is 3. The van der Waals surface area contributed by atoms with E-state index in [0.29, 0.717) is 23.4 Å². The first kappa shape index (κ1) is 23.7. The number of ether oxygens (including phenoxy) is 1. The van der Waals surface area contributed by atoms with Gasteiger partial charge in [-0.2, -0.15) is 0 Å².